The van der Waals surface area contributed by atoms with Crippen molar-refractivity contribution in [3.05, 3.63) is 0 Å². The van der Waals surface area contributed by atoms with Crippen LogP contribution in [0.3, 0.4) is 0 Å². The monoisotopic (exact) mass is 354 g/mol. The second-order valence-electron chi connectivity index (χ2n) is 5.50. The molecule has 0 aliphatic rings. The SMILES string of the molecule is C.CC(C)(C)OC(=O)NCCC(O)C(=O)O.NCCC(O)C(=O)O. The molecule has 144 valence electrons. The summed E-state index contributed by atoms with van der Waals surface area (Å²) in [6.45, 7) is 5.42. The number of nitrogens with two attached hydrogens (primary N) is 1. The molecule has 0 heterocycles. The number of nitrogens with one attached hydrogen (secondary N) is 1. The Morgan fingerprint density at radius 2 is 1.46 bits per heavy atom. The maximum atomic E-state index is 11.0. The van der Waals surface area contributed by atoms with Crippen LogP contribution in [0.5, 0.6) is 0 Å². The van der Waals surface area contributed by atoms with E-state index < -0.39 is 35.8 Å². The Morgan fingerprint density at radius 3 is 1.75 bits per heavy atom. The summed E-state index contributed by atoms with van der Waals surface area (Å²) < 4.78 is 4.90. The molecule has 0 saturated carbocycles. The van der Waals surface area contributed by atoms with Crippen molar-refractivity contribution in [1.29, 1.82) is 0 Å². The minimum Gasteiger partial charge on any atom is -0.479 e. The molecule has 0 aromatic carbocycles. The lowest BCUT2D eigenvalue weighted by Crippen LogP contribution is -2.35. The van der Waals surface area contributed by atoms with Crippen molar-refractivity contribution in [1.82, 2.24) is 5.32 Å². The first-order chi connectivity index (χ1) is 10.4. The first kappa shape index (κ1) is 27.0. The number of ether oxygens (including phenoxy) is 1. The minimum absolute atomic E-state index is 0. The third-order valence-electron chi connectivity index (χ3n) is 2.10. The Hall–Kier alpha value is -1.91. The van der Waals surface area contributed by atoms with E-state index in [1.165, 1.54) is 0 Å². The molecular weight excluding hydrogens is 324 g/mol. The topological polar surface area (TPSA) is 179 Å². The molecule has 0 radical (unpaired) electrons. The predicted molar refractivity (Wildman–Crippen MR) is 86.5 cm³/mol. The summed E-state index contributed by atoms with van der Waals surface area (Å²) in [6, 6.07) is 0. The van der Waals surface area contributed by atoms with Gasteiger partial charge in [-0.15, -0.1) is 0 Å². The first-order valence-electron chi connectivity index (χ1n) is 6.89. The fraction of sp³-hybridized carbons (Fsp3) is 0.786. The first-order valence-corrected chi connectivity index (χ1v) is 6.89. The van der Waals surface area contributed by atoms with Crippen LogP contribution in [0.1, 0.15) is 41.0 Å². The average Bonchev–Trinajstić information content (AvgIpc) is 2.37. The highest BCUT2D eigenvalue weighted by Gasteiger charge is 2.17. The van der Waals surface area contributed by atoms with E-state index in [1.54, 1.807) is 20.8 Å². The lowest BCUT2D eigenvalue weighted by Gasteiger charge is -2.19. The van der Waals surface area contributed by atoms with Gasteiger partial charge in [0.05, 0.1) is 0 Å². The van der Waals surface area contributed by atoms with Crippen LogP contribution in [0.25, 0.3) is 0 Å². The van der Waals surface area contributed by atoms with E-state index in [9.17, 15) is 14.4 Å². The summed E-state index contributed by atoms with van der Waals surface area (Å²) in [5.74, 6) is -2.52. The van der Waals surface area contributed by atoms with Crippen LogP contribution in [0.15, 0.2) is 0 Å². The van der Waals surface area contributed by atoms with E-state index in [2.05, 4.69) is 5.32 Å². The average molecular weight is 354 g/mol. The highest BCUT2D eigenvalue weighted by Crippen LogP contribution is 2.06. The van der Waals surface area contributed by atoms with Crippen LogP contribution in [-0.2, 0) is 14.3 Å². The van der Waals surface area contributed by atoms with Gasteiger partial charge in [0.2, 0.25) is 0 Å². The molecule has 0 aliphatic carbocycles. The molecule has 0 rings (SSSR count). The predicted octanol–water partition coefficient (Wildman–Crippen LogP) is -0.236. The number of amides is 1. The van der Waals surface area contributed by atoms with Crippen molar-refractivity contribution in [2.75, 3.05) is 13.1 Å². The number of aliphatic carboxylic acids is 2. The molecular formula is C14H30N2O8. The van der Waals surface area contributed by atoms with Crippen molar-refractivity contribution in [3.63, 3.8) is 0 Å². The van der Waals surface area contributed by atoms with Crippen molar-refractivity contribution >= 4 is 18.0 Å². The van der Waals surface area contributed by atoms with Gasteiger partial charge in [-0.3, -0.25) is 0 Å². The Morgan fingerprint density at radius 1 is 1.04 bits per heavy atom. The number of aliphatic hydroxyl groups excluding tert-OH is 2. The number of carbonyl (C=O) groups excluding carboxylic acids is 1. The van der Waals surface area contributed by atoms with Crippen LogP contribution in [0.4, 0.5) is 4.79 Å². The highest BCUT2D eigenvalue weighted by atomic mass is 16.6. The van der Waals surface area contributed by atoms with Gasteiger partial charge in [-0.1, -0.05) is 7.43 Å². The van der Waals surface area contributed by atoms with Crippen LogP contribution in [0.2, 0.25) is 0 Å². The van der Waals surface area contributed by atoms with Crippen LogP contribution in [-0.4, -0.2) is 69.4 Å². The molecule has 2 atom stereocenters. The summed E-state index contributed by atoms with van der Waals surface area (Å²) in [4.78, 5) is 31.0. The molecule has 7 N–H and O–H groups in total. The number of rotatable bonds is 7. The summed E-state index contributed by atoms with van der Waals surface area (Å²) in [5.41, 5.74) is 4.36. The number of aliphatic hydroxyl groups is 2. The third-order valence-corrected chi connectivity index (χ3v) is 2.10. The molecule has 10 nitrogen and oxygen atoms in total. The third kappa shape index (κ3) is 18.1. The maximum Gasteiger partial charge on any atom is 0.407 e. The summed E-state index contributed by atoms with van der Waals surface area (Å²) in [5, 5.41) is 36.0. The number of carboxylic acids is 2. The van der Waals surface area contributed by atoms with Gasteiger partial charge in [0.25, 0.3) is 0 Å². The molecule has 1 amide bonds. The van der Waals surface area contributed by atoms with Crippen LogP contribution in [0, 0.1) is 0 Å². The van der Waals surface area contributed by atoms with E-state index in [4.69, 9.17) is 30.9 Å². The number of alkyl carbamates (subject to hydrolysis) is 1. The van der Waals surface area contributed by atoms with Gasteiger partial charge >= 0.3 is 18.0 Å². The Labute approximate surface area is 141 Å². The maximum absolute atomic E-state index is 11.0. The summed E-state index contributed by atoms with van der Waals surface area (Å²) >= 11 is 0. The molecule has 0 bridgehead atoms. The van der Waals surface area contributed by atoms with Gasteiger partial charge < -0.3 is 36.2 Å². The molecule has 0 aliphatic heterocycles. The van der Waals surface area contributed by atoms with Gasteiger partial charge in [-0.2, -0.15) is 0 Å². The van der Waals surface area contributed by atoms with Gasteiger partial charge in [0.1, 0.15) is 5.60 Å². The van der Waals surface area contributed by atoms with Gasteiger partial charge in [-0.25, -0.2) is 14.4 Å². The summed E-state index contributed by atoms with van der Waals surface area (Å²) in [7, 11) is 0. The van der Waals surface area contributed by atoms with E-state index in [0.29, 0.717) is 0 Å². The fourth-order valence-electron chi connectivity index (χ4n) is 1.03. The molecule has 0 fully saturated rings. The quantitative estimate of drug-likeness (QED) is 0.360. The molecule has 10 heteroatoms. The molecule has 0 aromatic heterocycles. The molecule has 0 spiro atoms. The normalized spacial score (nSPS) is 12.6. The smallest absolute Gasteiger partial charge is 0.407 e. The second kappa shape index (κ2) is 13.5. The Balaban J connectivity index is -0.000000419. The van der Waals surface area contributed by atoms with E-state index in [-0.39, 0.29) is 33.4 Å². The van der Waals surface area contributed by atoms with Crippen LogP contribution >= 0.6 is 0 Å². The van der Waals surface area contributed by atoms with E-state index in [0.717, 1.165) is 0 Å². The standard InChI is InChI=1S/C9H17NO5.C4H9NO3.CH4/c1-9(2,3)15-8(14)10-5-4-6(11)7(12)13;5-2-1-3(6)4(7)8;/h6,11H,4-5H2,1-3H3,(H,10,14)(H,12,13);3,6H,1-2,5H2,(H,7,8);1H4. The minimum atomic E-state index is -1.46. The number of carbonyl (C=O) groups is 3. The number of hydrogen-bond acceptors (Lipinski definition) is 7. The van der Waals surface area contributed by atoms with Crippen molar-refractivity contribution < 1.29 is 39.5 Å². The highest BCUT2D eigenvalue weighted by molar-refractivity contribution is 5.72. The number of carboxylic acid groups (broad SMARTS) is 2. The zero-order valence-electron chi connectivity index (χ0n) is 13.5. The van der Waals surface area contributed by atoms with Gasteiger partial charge in [0.15, 0.2) is 12.2 Å². The second-order valence-corrected chi connectivity index (χ2v) is 5.50. The lowest BCUT2D eigenvalue weighted by molar-refractivity contribution is -0.147. The number of hydrogen-bond donors (Lipinski definition) is 6. The molecule has 24 heavy (non-hydrogen) atoms. The van der Waals surface area contributed by atoms with Crippen molar-refractivity contribution in [2.45, 2.75) is 58.8 Å². The largest absolute Gasteiger partial charge is 0.479 e. The Kier molecular flexibility index (Phi) is 15.2. The molecule has 0 saturated heterocycles. The van der Waals surface area contributed by atoms with Crippen LogP contribution < -0.4 is 11.1 Å². The lowest BCUT2D eigenvalue weighted by atomic mass is 10.2. The zero-order valence-corrected chi connectivity index (χ0v) is 13.5. The van der Waals surface area contributed by atoms with Gasteiger partial charge in [0, 0.05) is 13.0 Å². The summed E-state index contributed by atoms with van der Waals surface area (Å²) in [6.07, 6.45) is -3.30. The zero-order chi connectivity index (χ0) is 18.6. The Bertz CT molecular complexity index is 381. The van der Waals surface area contributed by atoms with Crippen molar-refractivity contribution in [3.8, 4) is 0 Å². The van der Waals surface area contributed by atoms with E-state index in [1.807, 2.05) is 0 Å². The fourth-order valence-corrected chi connectivity index (χ4v) is 1.03. The van der Waals surface area contributed by atoms with Crippen molar-refractivity contribution in [2.24, 2.45) is 5.73 Å². The van der Waals surface area contributed by atoms with E-state index >= 15 is 0 Å². The molecule has 2 unspecified atom stereocenters. The molecule has 0 aromatic rings. The van der Waals surface area contributed by atoms with Gasteiger partial charge in [-0.05, 0) is 33.7 Å².